The molecule has 2 N–H and O–H groups in total. The summed E-state index contributed by atoms with van der Waals surface area (Å²) in [6, 6.07) is 16.7. The highest BCUT2D eigenvalue weighted by Gasteiger charge is 2.14. The Bertz CT molecular complexity index is 1310. The molecule has 3 rings (SSSR count). The van der Waals surface area contributed by atoms with Crippen molar-refractivity contribution in [3.63, 3.8) is 0 Å². The predicted octanol–water partition coefficient (Wildman–Crippen LogP) is 3.91. The molecule has 0 spiro atoms. The maximum atomic E-state index is 12.2. The third kappa shape index (κ3) is 6.57. The smallest absolute Gasteiger partial charge is 0.343 e. The van der Waals surface area contributed by atoms with Crippen LogP contribution in [0.4, 0.5) is 11.4 Å². The monoisotopic (exact) mass is 474 g/mol. The first-order valence-electron chi connectivity index (χ1n) is 10.4. The van der Waals surface area contributed by atoms with Crippen molar-refractivity contribution in [2.45, 2.75) is 20.8 Å². The summed E-state index contributed by atoms with van der Waals surface area (Å²) < 4.78 is 5.27. The number of aryl methyl sites for hydroxylation is 2. The van der Waals surface area contributed by atoms with Crippen LogP contribution in [0.3, 0.4) is 0 Å². The normalized spacial score (nSPS) is 10.9. The van der Waals surface area contributed by atoms with Crippen LogP contribution in [0.2, 0.25) is 0 Å². The Morgan fingerprint density at radius 3 is 2.09 bits per heavy atom. The fourth-order valence-corrected chi connectivity index (χ4v) is 2.91. The van der Waals surface area contributed by atoms with Crippen molar-refractivity contribution < 1.29 is 24.0 Å². The molecule has 0 saturated carbocycles. The van der Waals surface area contributed by atoms with Gasteiger partial charge in [0.25, 0.3) is 5.69 Å². The van der Waals surface area contributed by atoms with E-state index in [-0.39, 0.29) is 17.0 Å². The second-order valence-electron chi connectivity index (χ2n) is 7.61. The van der Waals surface area contributed by atoms with Crippen molar-refractivity contribution >= 4 is 34.9 Å². The number of nitro groups is 1. The molecule has 0 bridgehead atoms. The zero-order valence-corrected chi connectivity index (χ0v) is 19.2. The highest BCUT2D eigenvalue weighted by Crippen LogP contribution is 2.17. The second kappa shape index (κ2) is 10.8. The number of nitrogens with one attached hydrogen (secondary N) is 2. The van der Waals surface area contributed by atoms with Gasteiger partial charge in [-0.1, -0.05) is 6.07 Å². The molecule has 0 aliphatic rings. The van der Waals surface area contributed by atoms with Crippen molar-refractivity contribution in [3.8, 4) is 5.75 Å². The van der Waals surface area contributed by atoms with Gasteiger partial charge < -0.3 is 10.1 Å². The van der Waals surface area contributed by atoms with Gasteiger partial charge in [-0.3, -0.25) is 19.7 Å². The minimum absolute atomic E-state index is 0.129. The van der Waals surface area contributed by atoms with Crippen molar-refractivity contribution in [3.05, 3.63) is 99.1 Å². The number of hydrogen-bond donors (Lipinski definition) is 2. The maximum absolute atomic E-state index is 12.2. The van der Waals surface area contributed by atoms with Crippen LogP contribution in [-0.2, 0) is 9.59 Å². The minimum Gasteiger partial charge on any atom is -0.423 e. The number of hydrazone groups is 1. The van der Waals surface area contributed by atoms with Gasteiger partial charge in [0.2, 0.25) is 0 Å². The van der Waals surface area contributed by atoms with Crippen molar-refractivity contribution in [2.24, 2.45) is 5.10 Å². The first kappa shape index (κ1) is 24.8. The van der Waals surface area contributed by atoms with Crippen LogP contribution in [0.1, 0.15) is 34.0 Å². The summed E-state index contributed by atoms with van der Waals surface area (Å²) in [7, 11) is 0. The number of carbonyl (C=O) groups excluding carboxylic acids is 3. The molecule has 0 saturated heterocycles. The molecule has 0 radical (unpaired) electrons. The summed E-state index contributed by atoms with van der Waals surface area (Å²) in [5.74, 6) is -2.18. The van der Waals surface area contributed by atoms with Crippen LogP contribution in [0.15, 0.2) is 71.8 Å². The molecule has 0 heterocycles. The molecule has 0 aromatic heterocycles. The van der Waals surface area contributed by atoms with E-state index in [1.807, 2.05) is 19.9 Å². The van der Waals surface area contributed by atoms with Gasteiger partial charge in [0.1, 0.15) is 5.75 Å². The largest absolute Gasteiger partial charge is 0.423 e. The molecule has 3 aromatic rings. The highest BCUT2D eigenvalue weighted by atomic mass is 16.6. The second-order valence-corrected chi connectivity index (χ2v) is 7.61. The third-order valence-corrected chi connectivity index (χ3v) is 5.09. The lowest BCUT2D eigenvalue weighted by molar-refractivity contribution is -0.384. The van der Waals surface area contributed by atoms with Gasteiger partial charge in [0.15, 0.2) is 0 Å². The van der Waals surface area contributed by atoms with Crippen molar-refractivity contribution in [1.82, 2.24) is 5.43 Å². The number of anilines is 1. The molecule has 178 valence electrons. The number of nitro benzene ring substituents is 1. The zero-order valence-electron chi connectivity index (χ0n) is 19.2. The quantitative estimate of drug-likeness (QED) is 0.139. The van der Waals surface area contributed by atoms with Crippen LogP contribution in [0.5, 0.6) is 5.75 Å². The summed E-state index contributed by atoms with van der Waals surface area (Å²) in [6.45, 7) is 5.49. The van der Waals surface area contributed by atoms with Crippen molar-refractivity contribution in [2.75, 3.05) is 5.32 Å². The lowest BCUT2D eigenvalue weighted by Crippen LogP contribution is -2.33. The number of nitrogens with zero attached hydrogens (tertiary/aromatic N) is 2. The topological polar surface area (TPSA) is 140 Å². The van der Waals surface area contributed by atoms with E-state index in [2.05, 4.69) is 15.8 Å². The van der Waals surface area contributed by atoms with E-state index in [1.54, 1.807) is 31.2 Å². The number of ether oxygens (including phenoxy) is 1. The summed E-state index contributed by atoms with van der Waals surface area (Å²) >= 11 is 0. The molecule has 0 fully saturated rings. The number of non-ortho nitro benzene ring substituents is 1. The Hall–Kier alpha value is -4.86. The number of rotatable bonds is 6. The van der Waals surface area contributed by atoms with Crippen LogP contribution in [-0.4, -0.2) is 28.4 Å². The number of amides is 2. The minimum atomic E-state index is -0.920. The number of carbonyl (C=O) groups is 3. The fourth-order valence-electron chi connectivity index (χ4n) is 2.91. The summed E-state index contributed by atoms with van der Waals surface area (Å²) in [5, 5.41) is 17.2. The first-order chi connectivity index (χ1) is 16.6. The van der Waals surface area contributed by atoms with Crippen LogP contribution >= 0.6 is 0 Å². The van der Waals surface area contributed by atoms with E-state index in [0.29, 0.717) is 17.0 Å². The third-order valence-electron chi connectivity index (χ3n) is 5.09. The van der Waals surface area contributed by atoms with E-state index in [0.717, 1.165) is 11.1 Å². The SMILES string of the molecule is C/C(=N\NC(=O)C(=O)Nc1ccc(C)c(C)c1)c1ccc(OC(=O)c2ccc([N+](=O)[O-])cc2)cc1. The van der Waals surface area contributed by atoms with Gasteiger partial charge in [-0.15, -0.1) is 0 Å². The van der Waals surface area contributed by atoms with Crippen LogP contribution in [0.25, 0.3) is 0 Å². The molecular weight excluding hydrogens is 452 g/mol. The van der Waals surface area contributed by atoms with Gasteiger partial charge in [-0.2, -0.15) is 5.10 Å². The van der Waals surface area contributed by atoms with Crippen LogP contribution < -0.4 is 15.5 Å². The van der Waals surface area contributed by atoms with Crippen LogP contribution in [0, 0.1) is 24.0 Å². The van der Waals surface area contributed by atoms with Gasteiger partial charge >= 0.3 is 17.8 Å². The molecule has 2 amide bonds. The first-order valence-corrected chi connectivity index (χ1v) is 10.4. The Balaban J connectivity index is 1.56. The van der Waals surface area contributed by atoms with Gasteiger partial charge in [0.05, 0.1) is 16.2 Å². The van der Waals surface area contributed by atoms with Crippen molar-refractivity contribution in [1.29, 1.82) is 0 Å². The molecule has 0 aliphatic heterocycles. The molecular formula is C25H22N4O6. The Labute approximate surface area is 200 Å². The lowest BCUT2D eigenvalue weighted by atomic mass is 10.1. The average Bonchev–Trinajstić information content (AvgIpc) is 2.85. The van der Waals surface area contributed by atoms with E-state index < -0.39 is 22.7 Å². The molecule has 10 heteroatoms. The molecule has 10 nitrogen and oxygen atoms in total. The summed E-state index contributed by atoms with van der Waals surface area (Å²) in [4.78, 5) is 46.5. The lowest BCUT2D eigenvalue weighted by Gasteiger charge is -2.08. The van der Waals surface area contributed by atoms with Gasteiger partial charge in [-0.25, -0.2) is 10.2 Å². The Morgan fingerprint density at radius 2 is 1.49 bits per heavy atom. The van der Waals surface area contributed by atoms with Gasteiger partial charge in [0, 0.05) is 17.8 Å². The Morgan fingerprint density at radius 1 is 0.857 bits per heavy atom. The predicted molar refractivity (Wildman–Crippen MR) is 129 cm³/mol. The molecule has 3 aromatic carbocycles. The number of hydrogen-bond acceptors (Lipinski definition) is 7. The summed E-state index contributed by atoms with van der Waals surface area (Å²) in [5.41, 5.74) is 5.85. The average molecular weight is 474 g/mol. The maximum Gasteiger partial charge on any atom is 0.343 e. The van der Waals surface area contributed by atoms with E-state index >= 15 is 0 Å². The molecule has 0 unspecified atom stereocenters. The highest BCUT2D eigenvalue weighted by molar-refractivity contribution is 6.39. The fraction of sp³-hybridized carbons (Fsp3) is 0.120. The summed E-state index contributed by atoms with van der Waals surface area (Å²) in [6.07, 6.45) is 0. The molecule has 0 atom stereocenters. The van der Waals surface area contributed by atoms with E-state index in [1.165, 1.54) is 36.4 Å². The number of benzene rings is 3. The Kier molecular flexibility index (Phi) is 7.67. The molecule has 35 heavy (non-hydrogen) atoms. The number of esters is 1. The molecule has 0 aliphatic carbocycles. The standard InChI is InChI=1S/C25H22N4O6/c1-15-4-9-20(14-16(15)2)26-23(30)24(31)28-27-17(3)18-7-12-22(13-8-18)35-25(32)19-5-10-21(11-6-19)29(33)34/h4-14H,1-3H3,(H,26,30)(H,28,31)/b27-17+. The zero-order chi connectivity index (χ0) is 25.5. The van der Waals surface area contributed by atoms with E-state index in [4.69, 9.17) is 4.74 Å². The van der Waals surface area contributed by atoms with Gasteiger partial charge in [-0.05, 0) is 86.0 Å². The van der Waals surface area contributed by atoms with E-state index in [9.17, 15) is 24.5 Å².